The largest absolute Gasteiger partial charge is 0.378 e. The Balaban J connectivity index is 1.54. The second-order valence-electron chi connectivity index (χ2n) is 6.66. The highest BCUT2D eigenvalue weighted by atomic mass is 19.1. The maximum atomic E-state index is 13.1. The van der Waals surface area contributed by atoms with E-state index in [0.29, 0.717) is 55.6 Å². The minimum atomic E-state index is -0.543. The maximum Gasteiger partial charge on any atom is 0.277 e. The third kappa shape index (κ3) is 3.94. The number of benzene rings is 1. The van der Waals surface area contributed by atoms with Gasteiger partial charge in [-0.1, -0.05) is 5.16 Å². The molecule has 0 spiro atoms. The van der Waals surface area contributed by atoms with Crippen molar-refractivity contribution in [3.05, 3.63) is 53.7 Å². The van der Waals surface area contributed by atoms with E-state index in [9.17, 15) is 14.0 Å². The molecule has 1 saturated heterocycles. The molecule has 3 heterocycles. The summed E-state index contributed by atoms with van der Waals surface area (Å²) in [5.74, 6) is -0.811. The Morgan fingerprint density at radius 3 is 2.63 bits per heavy atom. The van der Waals surface area contributed by atoms with E-state index in [-0.39, 0.29) is 17.4 Å². The van der Waals surface area contributed by atoms with Crippen molar-refractivity contribution < 1.29 is 23.2 Å². The number of morpholine rings is 1. The number of hydrogen-bond acceptors (Lipinski definition) is 6. The van der Waals surface area contributed by atoms with Gasteiger partial charge in [0.15, 0.2) is 11.5 Å². The second-order valence-corrected chi connectivity index (χ2v) is 6.66. The lowest BCUT2D eigenvalue weighted by atomic mass is 10.1. The Kier molecular flexibility index (Phi) is 5.57. The van der Waals surface area contributed by atoms with Gasteiger partial charge in [-0.15, -0.1) is 0 Å². The third-order valence-corrected chi connectivity index (χ3v) is 4.76. The number of carbonyl (C=O) groups is 2. The van der Waals surface area contributed by atoms with Crippen LogP contribution in [0.1, 0.15) is 27.9 Å². The molecule has 156 valence electrons. The smallest absolute Gasteiger partial charge is 0.277 e. The van der Waals surface area contributed by atoms with Gasteiger partial charge in [-0.05, 0) is 31.2 Å². The van der Waals surface area contributed by atoms with Gasteiger partial charge in [0.2, 0.25) is 0 Å². The monoisotopic (exact) mass is 413 g/mol. The number of ether oxygens (including phenoxy) is 1. The van der Waals surface area contributed by atoms with E-state index in [2.05, 4.69) is 15.6 Å². The average Bonchev–Trinajstić information content (AvgIpc) is 3.42. The summed E-state index contributed by atoms with van der Waals surface area (Å²) < 4.78 is 25.1. The zero-order valence-corrected chi connectivity index (χ0v) is 16.3. The van der Waals surface area contributed by atoms with Gasteiger partial charge in [0.05, 0.1) is 25.1 Å². The molecule has 9 nitrogen and oxygen atoms in total. The Morgan fingerprint density at radius 2 is 1.93 bits per heavy atom. The van der Waals surface area contributed by atoms with E-state index in [1.807, 2.05) is 6.92 Å². The lowest BCUT2D eigenvalue weighted by Gasteiger charge is -2.27. The van der Waals surface area contributed by atoms with Gasteiger partial charge in [0.25, 0.3) is 11.8 Å². The van der Waals surface area contributed by atoms with Crippen LogP contribution in [0.2, 0.25) is 0 Å². The summed E-state index contributed by atoms with van der Waals surface area (Å²) in [6.07, 6.45) is 1.44. The van der Waals surface area contributed by atoms with Crippen LogP contribution in [0.5, 0.6) is 0 Å². The molecule has 1 aromatic carbocycles. The zero-order chi connectivity index (χ0) is 21.1. The Labute approximate surface area is 171 Å². The lowest BCUT2D eigenvalue weighted by Crippen LogP contribution is -2.41. The van der Waals surface area contributed by atoms with Crippen molar-refractivity contribution in [2.75, 3.05) is 31.6 Å². The van der Waals surface area contributed by atoms with Crippen LogP contribution in [0.4, 0.5) is 10.1 Å². The fourth-order valence-electron chi connectivity index (χ4n) is 3.18. The quantitative estimate of drug-likeness (QED) is 0.689. The predicted molar refractivity (Wildman–Crippen MR) is 104 cm³/mol. The minimum absolute atomic E-state index is 0.0309. The normalized spacial score (nSPS) is 14.0. The molecule has 1 aliphatic rings. The Morgan fingerprint density at radius 1 is 1.20 bits per heavy atom. The van der Waals surface area contributed by atoms with Crippen LogP contribution in [0, 0.1) is 5.82 Å². The number of anilines is 1. The molecule has 0 saturated carbocycles. The average molecular weight is 413 g/mol. The molecule has 1 aliphatic heterocycles. The van der Waals surface area contributed by atoms with Crippen molar-refractivity contribution in [2.24, 2.45) is 0 Å². The molecule has 1 N–H and O–H groups in total. The van der Waals surface area contributed by atoms with Crippen molar-refractivity contribution >= 4 is 17.5 Å². The van der Waals surface area contributed by atoms with Gasteiger partial charge in [-0.2, -0.15) is 5.10 Å². The molecule has 2 aromatic heterocycles. The van der Waals surface area contributed by atoms with Crippen LogP contribution < -0.4 is 5.32 Å². The van der Waals surface area contributed by atoms with E-state index in [1.54, 1.807) is 9.58 Å². The van der Waals surface area contributed by atoms with Crippen molar-refractivity contribution in [1.29, 1.82) is 0 Å². The van der Waals surface area contributed by atoms with Crippen LogP contribution in [-0.2, 0) is 11.3 Å². The van der Waals surface area contributed by atoms with Crippen molar-refractivity contribution in [1.82, 2.24) is 19.8 Å². The van der Waals surface area contributed by atoms with Gasteiger partial charge >= 0.3 is 0 Å². The van der Waals surface area contributed by atoms with Gasteiger partial charge in [0, 0.05) is 31.3 Å². The molecule has 10 heteroatoms. The molecular formula is C20H20FN5O4. The predicted octanol–water partition coefficient (Wildman–Crippen LogP) is 2.42. The van der Waals surface area contributed by atoms with E-state index in [0.717, 1.165) is 0 Å². The molecule has 0 aliphatic carbocycles. The number of nitrogens with zero attached hydrogens (tertiary/aromatic N) is 4. The molecule has 4 rings (SSSR count). The highest BCUT2D eigenvalue weighted by molar-refractivity contribution is 6.07. The summed E-state index contributed by atoms with van der Waals surface area (Å²) in [5, 5.41) is 10.7. The first-order chi connectivity index (χ1) is 14.6. The number of halogens is 1. The summed E-state index contributed by atoms with van der Waals surface area (Å²) in [6.45, 7) is 4.23. The number of carbonyl (C=O) groups excluding carboxylic acids is 2. The van der Waals surface area contributed by atoms with Crippen molar-refractivity contribution in [3.63, 3.8) is 0 Å². The Hall–Kier alpha value is -3.53. The molecular weight excluding hydrogens is 393 g/mol. The summed E-state index contributed by atoms with van der Waals surface area (Å²) in [6, 6.07) is 7.10. The van der Waals surface area contributed by atoms with Crippen LogP contribution in [-0.4, -0.2) is 58.0 Å². The molecule has 30 heavy (non-hydrogen) atoms. The molecule has 0 unspecified atom stereocenters. The van der Waals surface area contributed by atoms with Crippen LogP contribution in [0.25, 0.3) is 11.3 Å². The van der Waals surface area contributed by atoms with E-state index in [1.165, 1.54) is 36.5 Å². The standard InChI is InChI=1S/C20H20FN5O4/c1-2-26-18(20(28)25-7-9-29-10-8-25)16(12-22-26)23-19(27)15-11-17(30-24-15)13-3-5-14(21)6-4-13/h3-6,11-12H,2,7-10H2,1H3,(H,23,27). The van der Waals surface area contributed by atoms with Gasteiger partial charge < -0.3 is 19.5 Å². The van der Waals surface area contributed by atoms with Crippen LogP contribution in [0.15, 0.2) is 41.1 Å². The van der Waals surface area contributed by atoms with E-state index < -0.39 is 5.91 Å². The molecule has 0 atom stereocenters. The number of aryl methyl sites for hydroxylation is 1. The number of hydrogen-bond donors (Lipinski definition) is 1. The SMILES string of the molecule is CCn1ncc(NC(=O)c2cc(-c3ccc(F)cc3)on2)c1C(=O)N1CCOCC1. The zero-order valence-electron chi connectivity index (χ0n) is 16.3. The van der Waals surface area contributed by atoms with Gasteiger partial charge in [0.1, 0.15) is 11.5 Å². The van der Waals surface area contributed by atoms with Crippen LogP contribution in [0.3, 0.4) is 0 Å². The minimum Gasteiger partial charge on any atom is -0.378 e. The van der Waals surface area contributed by atoms with Gasteiger partial charge in [-0.3, -0.25) is 14.3 Å². The Bertz CT molecular complexity index is 1050. The first kappa shape index (κ1) is 19.8. The number of amides is 2. The molecule has 2 amide bonds. The topological polar surface area (TPSA) is 102 Å². The third-order valence-electron chi connectivity index (χ3n) is 4.76. The number of aromatic nitrogens is 3. The maximum absolute atomic E-state index is 13.1. The molecule has 0 radical (unpaired) electrons. The highest BCUT2D eigenvalue weighted by Gasteiger charge is 2.26. The fraction of sp³-hybridized carbons (Fsp3) is 0.300. The highest BCUT2D eigenvalue weighted by Crippen LogP contribution is 2.23. The first-order valence-corrected chi connectivity index (χ1v) is 9.53. The summed E-state index contributed by atoms with van der Waals surface area (Å²) in [7, 11) is 0. The van der Waals surface area contributed by atoms with Gasteiger partial charge in [-0.25, -0.2) is 4.39 Å². The fourth-order valence-corrected chi connectivity index (χ4v) is 3.18. The summed E-state index contributed by atoms with van der Waals surface area (Å²) in [5.41, 5.74) is 1.22. The lowest BCUT2D eigenvalue weighted by molar-refractivity contribution is 0.0295. The second kappa shape index (κ2) is 8.46. The summed E-state index contributed by atoms with van der Waals surface area (Å²) >= 11 is 0. The molecule has 0 bridgehead atoms. The van der Waals surface area contributed by atoms with Crippen molar-refractivity contribution in [2.45, 2.75) is 13.5 Å². The number of nitrogens with one attached hydrogen (secondary N) is 1. The molecule has 1 fully saturated rings. The molecule has 3 aromatic rings. The van der Waals surface area contributed by atoms with Crippen LogP contribution >= 0.6 is 0 Å². The van der Waals surface area contributed by atoms with E-state index in [4.69, 9.17) is 9.26 Å². The first-order valence-electron chi connectivity index (χ1n) is 9.53. The number of rotatable bonds is 5. The summed E-state index contributed by atoms with van der Waals surface area (Å²) in [4.78, 5) is 27.3. The van der Waals surface area contributed by atoms with Crippen molar-refractivity contribution in [3.8, 4) is 11.3 Å². The van der Waals surface area contributed by atoms with E-state index >= 15 is 0 Å².